The fourth-order valence-corrected chi connectivity index (χ4v) is 3.92. The highest BCUT2D eigenvalue weighted by Crippen LogP contribution is 2.23. The number of amides is 1. The Bertz CT molecular complexity index is 1000. The van der Waals surface area contributed by atoms with Gasteiger partial charge in [-0.1, -0.05) is 29.8 Å². The van der Waals surface area contributed by atoms with E-state index < -0.39 is 0 Å². The molecule has 5 heteroatoms. The number of carbonyl (C=O) groups excluding carboxylic acids is 1. The van der Waals surface area contributed by atoms with Gasteiger partial charge in [0.25, 0.3) is 5.91 Å². The lowest BCUT2D eigenvalue weighted by atomic mass is 10.0. The molecule has 0 saturated carbocycles. The van der Waals surface area contributed by atoms with Crippen LogP contribution in [0, 0.1) is 20.8 Å². The molecular weight excluding hydrogens is 362 g/mol. The third kappa shape index (κ3) is 4.36. The van der Waals surface area contributed by atoms with Crippen molar-refractivity contribution in [3.05, 3.63) is 70.4 Å². The van der Waals surface area contributed by atoms with Gasteiger partial charge in [-0.05, 0) is 50.1 Å². The van der Waals surface area contributed by atoms with Crippen molar-refractivity contribution in [3.8, 4) is 0 Å². The molecule has 2 heterocycles. The molecule has 1 aliphatic rings. The Morgan fingerprint density at radius 3 is 2.55 bits per heavy atom. The van der Waals surface area contributed by atoms with Crippen LogP contribution in [0.5, 0.6) is 0 Å². The van der Waals surface area contributed by atoms with Gasteiger partial charge in [-0.2, -0.15) is 0 Å². The number of carbonyl (C=O) groups is 1. The maximum atomic E-state index is 13.1. The smallest absolute Gasteiger partial charge is 0.251 e. The summed E-state index contributed by atoms with van der Waals surface area (Å²) in [6.45, 7) is 10.3. The minimum absolute atomic E-state index is 0.0380. The summed E-state index contributed by atoms with van der Waals surface area (Å²) in [6.07, 6.45) is 0. The predicted octanol–water partition coefficient (Wildman–Crippen LogP) is 3.90. The molecule has 1 saturated heterocycles. The Morgan fingerprint density at radius 2 is 1.83 bits per heavy atom. The van der Waals surface area contributed by atoms with Gasteiger partial charge in [-0.25, -0.2) is 0 Å². The minimum Gasteiger partial charge on any atom is -0.379 e. The van der Waals surface area contributed by atoms with Crippen molar-refractivity contribution in [3.63, 3.8) is 0 Å². The maximum absolute atomic E-state index is 13.1. The van der Waals surface area contributed by atoms with Crippen molar-refractivity contribution < 1.29 is 9.53 Å². The van der Waals surface area contributed by atoms with Gasteiger partial charge >= 0.3 is 0 Å². The Balaban J connectivity index is 1.58. The number of nitrogens with zero attached hydrogens (tertiary/aromatic N) is 1. The number of H-pyrrole nitrogens is 1. The molecule has 5 nitrogen and oxygen atoms in total. The second-order valence-electron chi connectivity index (χ2n) is 7.99. The van der Waals surface area contributed by atoms with Crippen molar-refractivity contribution in [2.24, 2.45) is 0 Å². The predicted molar refractivity (Wildman–Crippen MR) is 116 cm³/mol. The summed E-state index contributed by atoms with van der Waals surface area (Å²) in [7, 11) is 0. The first-order valence-electron chi connectivity index (χ1n) is 10.3. The van der Waals surface area contributed by atoms with Crippen LogP contribution >= 0.6 is 0 Å². The zero-order valence-electron chi connectivity index (χ0n) is 17.4. The number of aromatic amines is 1. The van der Waals surface area contributed by atoms with Crippen LogP contribution in [-0.4, -0.2) is 48.6 Å². The number of aromatic nitrogens is 1. The van der Waals surface area contributed by atoms with Crippen LogP contribution in [0.2, 0.25) is 0 Å². The lowest BCUT2D eigenvalue weighted by molar-refractivity contribution is 0.0332. The van der Waals surface area contributed by atoms with Gasteiger partial charge in [-0.15, -0.1) is 0 Å². The largest absolute Gasteiger partial charge is 0.379 e. The van der Waals surface area contributed by atoms with E-state index in [1.54, 1.807) is 0 Å². The van der Waals surface area contributed by atoms with Crippen molar-refractivity contribution in [1.82, 2.24) is 15.2 Å². The van der Waals surface area contributed by atoms with Gasteiger partial charge in [0.15, 0.2) is 0 Å². The second kappa shape index (κ2) is 8.39. The molecule has 1 aromatic heterocycles. The summed E-state index contributed by atoms with van der Waals surface area (Å²) >= 11 is 0. The molecule has 29 heavy (non-hydrogen) atoms. The highest BCUT2D eigenvalue weighted by Gasteiger charge is 2.21. The first kappa shape index (κ1) is 19.7. The van der Waals surface area contributed by atoms with E-state index in [-0.39, 0.29) is 11.9 Å². The highest BCUT2D eigenvalue weighted by molar-refractivity contribution is 5.99. The molecule has 1 fully saturated rings. The quantitative estimate of drug-likeness (QED) is 0.694. The number of aryl methyl sites for hydroxylation is 3. The Labute approximate surface area is 172 Å². The van der Waals surface area contributed by atoms with Crippen LogP contribution in [0.25, 0.3) is 10.9 Å². The van der Waals surface area contributed by atoms with Gasteiger partial charge < -0.3 is 15.0 Å². The fraction of sp³-hybridized carbons (Fsp3) is 0.375. The number of benzene rings is 2. The van der Waals surface area contributed by atoms with Crippen molar-refractivity contribution >= 4 is 16.8 Å². The number of nitrogens with one attached hydrogen (secondary N) is 2. The summed E-state index contributed by atoms with van der Waals surface area (Å²) in [5.41, 5.74) is 6.44. The molecule has 0 unspecified atom stereocenters. The van der Waals surface area contributed by atoms with E-state index in [2.05, 4.69) is 60.2 Å². The van der Waals surface area contributed by atoms with Crippen LogP contribution in [0.3, 0.4) is 0 Å². The van der Waals surface area contributed by atoms with Gasteiger partial charge in [-0.3, -0.25) is 9.69 Å². The Hall–Kier alpha value is -2.63. The molecule has 3 aromatic rings. The van der Waals surface area contributed by atoms with E-state index >= 15 is 0 Å². The van der Waals surface area contributed by atoms with Crippen molar-refractivity contribution in [2.45, 2.75) is 26.8 Å². The van der Waals surface area contributed by atoms with Gasteiger partial charge in [0.1, 0.15) is 0 Å². The number of hydrogen-bond acceptors (Lipinski definition) is 3. The number of morpholine rings is 1. The average Bonchev–Trinajstić information content (AvgIpc) is 3.02. The van der Waals surface area contributed by atoms with Gasteiger partial charge in [0.2, 0.25) is 0 Å². The molecule has 1 atom stereocenters. The molecule has 0 aliphatic carbocycles. The molecule has 4 rings (SSSR count). The Morgan fingerprint density at radius 1 is 1.10 bits per heavy atom. The summed E-state index contributed by atoms with van der Waals surface area (Å²) in [5.74, 6) is -0.0380. The number of rotatable bonds is 5. The first-order valence-corrected chi connectivity index (χ1v) is 10.3. The normalized spacial score (nSPS) is 16.1. The summed E-state index contributed by atoms with van der Waals surface area (Å²) < 4.78 is 5.48. The van der Waals surface area contributed by atoms with Crippen LogP contribution in [0.15, 0.2) is 42.5 Å². The van der Waals surface area contributed by atoms with E-state index in [0.717, 1.165) is 55.0 Å². The van der Waals surface area contributed by atoms with E-state index in [9.17, 15) is 4.79 Å². The molecule has 2 N–H and O–H groups in total. The van der Waals surface area contributed by atoms with Crippen LogP contribution in [0.4, 0.5) is 0 Å². The third-order valence-corrected chi connectivity index (χ3v) is 5.90. The second-order valence-corrected chi connectivity index (χ2v) is 7.99. The minimum atomic E-state index is -0.0639. The molecule has 2 aromatic carbocycles. The zero-order valence-corrected chi connectivity index (χ0v) is 17.4. The molecule has 0 spiro atoms. The SMILES string of the molecule is Cc1ccc([C@H](CN2CCOCC2)NC(=O)c2ccc3[nH]c(C)c(C)c3c2)cc1. The fourth-order valence-electron chi connectivity index (χ4n) is 3.92. The number of fused-ring (bicyclic) bond motifs is 1. The molecule has 0 bridgehead atoms. The lowest BCUT2D eigenvalue weighted by Gasteiger charge is -2.31. The molecule has 152 valence electrons. The lowest BCUT2D eigenvalue weighted by Crippen LogP contribution is -2.43. The van der Waals surface area contributed by atoms with Gasteiger partial charge in [0, 0.05) is 41.8 Å². The standard InChI is InChI=1S/C24H29N3O2/c1-16-4-6-19(7-5-16)23(15-27-10-12-29-13-11-27)26-24(28)20-8-9-22-21(14-20)17(2)18(3)25-22/h4-9,14,23,25H,10-13,15H2,1-3H3,(H,26,28)/t23-/m0/s1. The molecule has 1 amide bonds. The highest BCUT2D eigenvalue weighted by atomic mass is 16.5. The zero-order chi connectivity index (χ0) is 20.4. The average molecular weight is 392 g/mol. The van der Waals surface area contributed by atoms with E-state index in [1.807, 2.05) is 18.2 Å². The topological polar surface area (TPSA) is 57.4 Å². The van der Waals surface area contributed by atoms with Crippen LogP contribution in [-0.2, 0) is 4.74 Å². The number of ether oxygens (including phenoxy) is 1. The van der Waals surface area contributed by atoms with E-state index in [4.69, 9.17) is 4.74 Å². The molecule has 1 aliphatic heterocycles. The monoisotopic (exact) mass is 391 g/mol. The summed E-state index contributed by atoms with van der Waals surface area (Å²) in [6, 6.07) is 14.3. The first-order chi connectivity index (χ1) is 14.0. The van der Waals surface area contributed by atoms with Crippen LogP contribution < -0.4 is 5.32 Å². The summed E-state index contributed by atoms with van der Waals surface area (Å²) in [4.78, 5) is 18.9. The van der Waals surface area contributed by atoms with E-state index in [0.29, 0.717) is 5.56 Å². The van der Waals surface area contributed by atoms with Crippen molar-refractivity contribution in [2.75, 3.05) is 32.8 Å². The summed E-state index contributed by atoms with van der Waals surface area (Å²) in [5, 5.41) is 4.38. The van der Waals surface area contributed by atoms with E-state index in [1.165, 1.54) is 11.1 Å². The van der Waals surface area contributed by atoms with Crippen LogP contribution in [0.1, 0.15) is 38.8 Å². The maximum Gasteiger partial charge on any atom is 0.251 e. The third-order valence-electron chi connectivity index (χ3n) is 5.90. The number of hydrogen-bond donors (Lipinski definition) is 2. The molecule has 0 radical (unpaired) electrons. The van der Waals surface area contributed by atoms with Crippen molar-refractivity contribution in [1.29, 1.82) is 0 Å². The Kier molecular flexibility index (Phi) is 5.69. The van der Waals surface area contributed by atoms with Gasteiger partial charge in [0.05, 0.1) is 19.3 Å². The molecular formula is C24H29N3O2.